The van der Waals surface area contributed by atoms with E-state index in [4.69, 9.17) is 27.9 Å². The Balaban J connectivity index is 1.55. The van der Waals surface area contributed by atoms with Crippen molar-refractivity contribution in [2.45, 2.75) is 6.42 Å². The third-order valence-electron chi connectivity index (χ3n) is 3.99. The summed E-state index contributed by atoms with van der Waals surface area (Å²) in [6, 6.07) is 5.26. The molecule has 2 aromatic rings. The van der Waals surface area contributed by atoms with Gasteiger partial charge in [0.2, 0.25) is 11.8 Å². The molecule has 0 saturated heterocycles. The lowest BCUT2D eigenvalue weighted by molar-refractivity contribution is -0.125. The molecule has 0 unspecified atom stereocenters. The Morgan fingerprint density at radius 3 is 2.77 bits per heavy atom. The fraction of sp³-hybridized carbons (Fsp3) is 0.353. The zero-order valence-electron chi connectivity index (χ0n) is 13.9. The standard InChI is InChI=1S/C17H17Cl2N3O3S/c1-25-5-4-20-15(23)10-7-11(10)16(24)21-14-8-26-17(22-14)9-2-3-12(18)13(19)6-9/h2-3,6,8,10-11H,4-5,7H2,1H3,(H,20,23)(H,21,24)/t10-,11+/m0/s1. The van der Waals surface area contributed by atoms with Gasteiger partial charge in [-0.3, -0.25) is 9.59 Å². The molecule has 1 fully saturated rings. The summed E-state index contributed by atoms with van der Waals surface area (Å²) in [6.45, 7) is 0.894. The zero-order chi connectivity index (χ0) is 18.7. The van der Waals surface area contributed by atoms with Crippen molar-refractivity contribution in [1.82, 2.24) is 10.3 Å². The van der Waals surface area contributed by atoms with Gasteiger partial charge in [0, 0.05) is 24.6 Å². The molecule has 0 spiro atoms. The van der Waals surface area contributed by atoms with Gasteiger partial charge in [-0.15, -0.1) is 11.3 Å². The fourth-order valence-electron chi connectivity index (χ4n) is 2.49. The van der Waals surface area contributed by atoms with Gasteiger partial charge in [-0.05, 0) is 18.6 Å². The quantitative estimate of drug-likeness (QED) is 0.681. The van der Waals surface area contributed by atoms with Gasteiger partial charge in [0.1, 0.15) is 10.8 Å². The van der Waals surface area contributed by atoms with Crippen LogP contribution in [0.5, 0.6) is 0 Å². The van der Waals surface area contributed by atoms with E-state index in [1.807, 2.05) is 6.07 Å². The van der Waals surface area contributed by atoms with Gasteiger partial charge in [-0.25, -0.2) is 4.98 Å². The summed E-state index contributed by atoms with van der Waals surface area (Å²) >= 11 is 13.3. The third kappa shape index (κ3) is 4.54. The minimum atomic E-state index is -0.312. The van der Waals surface area contributed by atoms with Crippen LogP contribution >= 0.6 is 34.5 Å². The van der Waals surface area contributed by atoms with Crippen LogP contribution in [-0.2, 0) is 14.3 Å². The number of anilines is 1. The first-order chi connectivity index (χ1) is 12.5. The van der Waals surface area contributed by atoms with E-state index >= 15 is 0 Å². The minimum absolute atomic E-state index is 0.114. The van der Waals surface area contributed by atoms with Crippen LogP contribution in [0.3, 0.4) is 0 Å². The van der Waals surface area contributed by atoms with Crippen molar-refractivity contribution in [1.29, 1.82) is 0 Å². The van der Waals surface area contributed by atoms with Crippen molar-refractivity contribution in [2.75, 3.05) is 25.6 Å². The first kappa shape index (κ1) is 19.1. The highest BCUT2D eigenvalue weighted by Gasteiger charge is 2.48. The molecule has 1 aliphatic rings. The van der Waals surface area contributed by atoms with E-state index in [0.29, 0.717) is 35.4 Å². The van der Waals surface area contributed by atoms with Crippen LogP contribution in [0.2, 0.25) is 10.0 Å². The van der Waals surface area contributed by atoms with Crippen LogP contribution in [0.1, 0.15) is 6.42 Å². The average Bonchev–Trinajstić information content (AvgIpc) is 3.30. The number of carbonyl (C=O) groups excluding carboxylic acids is 2. The van der Waals surface area contributed by atoms with E-state index in [1.165, 1.54) is 11.3 Å². The molecule has 1 aromatic heterocycles. The number of ether oxygens (including phenoxy) is 1. The molecule has 26 heavy (non-hydrogen) atoms. The van der Waals surface area contributed by atoms with Crippen molar-refractivity contribution in [3.8, 4) is 10.6 Å². The largest absolute Gasteiger partial charge is 0.383 e. The lowest BCUT2D eigenvalue weighted by Gasteiger charge is -2.04. The number of nitrogens with zero attached hydrogens (tertiary/aromatic N) is 1. The normalized spacial score (nSPS) is 18.4. The van der Waals surface area contributed by atoms with Crippen LogP contribution in [-0.4, -0.2) is 37.1 Å². The smallest absolute Gasteiger partial charge is 0.229 e. The van der Waals surface area contributed by atoms with Gasteiger partial charge < -0.3 is 15.4 Å². The predicted octanol–water partition coefficient (Wildman–Crippen LogP) is 3.45. The number of carbonyl (C=O) groups is 2. The summed E-state index contributed by atoms with van der Waals surface area (Å²) < 4.78 is 4.88. The Morgan fingerprint density at radius 2 is 2.04 bits per heavy atom. The van der Waals surface area contributed by atoms with E-state index in [-0.39, 0.29) is 23.7 Å². The highest BCUT2D eigenvalue weighted by atomic mass is 35.5. The molecular formula is C17H17Cl2N3O3S. The van der Waals surface area contributed by atoms with Crippen molar-refractivity contribution in [3.05, 3.63) is 33.6 Å². The van der Waals surface area contributed by atoms with Gasteiger partial charge in [-0.2, -0.15) is 0 Å². The molecule has 3 rings (SSSR count). The molecule has 1 heterocycles. The number of hydrogen-bond donors (Lipinski definition) is 2. The number of halogens is 2. The van der Waals surface area contributed by atoms with Crippen LogP contribution in [0.25, 0.3) is 10.6 Å². The first-order valence-electron chi connectivity index (χ1n) is 7.98. The van der Waals surface area contributed by atoms with Gasteiger partial charge in [0.15, 0.2) is 0 Å². The van der Waals surface area contributed by atoms with E-state index in [2.05, 4.69) is 15.6 Å². The number of aromatic nitrogens is 1. The van der Waals surface area contributed by atoms with Crippen molar-refractivity contribution in [3.63, 3.8) is 0 Å². The van der Waals surface area contributed by atoms with Crippen LogP contribution in [0.15, 0.2) is 23.6 Å². The molecule has 1 aromatic carbocycles. The number of rotatable bonds is 7. The maximum atomic E-state index is 12.3. The number of hydrogen-bond acceptors (Lipinski definition) is 5. The molecule has 0 bridgehead atoms. The summed E-state index contributed by atoms with van der Waals surface area (Å²) in [5.41, 5.74) is 0.826. The second-order valence-electron chi connectivity index (χ2n) is 5.89. The molecule has 6 nitrogen and oxygen atoms in total. The number of methoxy groups -OCH3 is 1. The zero-order valence-corrected chi connectivity index (χ0v) is 16.2. The van der Waals surface area contributed by atoms with Crippen LogP contribution < -0.4 is 10.6 Å². The fourth-order valence-corrected chi connectivity index (χ4v) is 3.54. The number of benzene rings is 1. The van der Waals surface area contributed by atoms with Gasteiger partial charge >= 0.3 is 0 Å². The lowest BCUT2D eigenvalue weighted by atomic mass is 10.2. The summed E-state index contributed by atoms with van der Waals surface area (Å²) in [5.74, 6) is -0.431. The highest BCUT2D eigenvalue weighted by molar-refractivity contribution is 7.13. The first-order valence-corrected chi connectivity index (χ1v) is 9.61. The molecule has 9 heteroatoms. The minimum Gasteiger partial charge on any atom is -0.383 e. The molecule has 2 amide bonds. The molecule has 0 radical (unpaired) electrons. The van der Waals surface area contributed by atoms with Gasteiger partial charge in [-0.1, -0.05) is 29.3 Å². The molecule has 1 saturated carbocycles. The Bertz CT molecular complexity index is 827. The SMILES string of the molecule is COCCNC(=O)[C@H]1C[C@H]1C(=O)Nc1csc(-c2ccc(Cl)c(Cl)c2)n1. The van der Waals surface area contributed by atoms with Crippen molar-refractivity contribution in [2.24, 2.45) is 11.8 Å². The summed E-state index contributed by atoms with van der Waals surface area (Å²) in [5, 5.41) is 8.92. The highest BCUT2D eigenvalue weighted by Crippen LogP contribution is 2.40. The van der Waals surface area contributed by atoms with Crippen molar-refractivity contribution < 1.29 is 14.3 Å². The van der Waals surface area contributed by atoms with E-state index < -0.39 is 0 Å². The average molecular weight is 414 g/mol. The van der Waals surface area contributed by atoms with E-state index in [9.17, 15) is 9.59 Å². The van der Waals surface area contributed by atoms with Crippen LogP contribution in [0.4, 0.5) is 5.82 Å². The Hall–Kier alpha value is -1.67. The number of amides is 2. The molecule has 138 valence electrons. The second kappa shape index (κ2) is 8.35. The second-order valence-corrected chi connectivity index (χ2v) is 7.56. The summed E-state index contributed by atoms with van der Waals surface area (Å²) in [4.78, 5) is 28.6. The summed E-state index contributed by atoms with van der Waals surface area (Å²) in [7, 11) is 1.57. The van der Waals surface area contributed by atoms with E-state index in [1.54, 1.807) is 24.6 Å². The summed E-state index contributed by atoms with van der Waals surface area (Å²) in [6.07, 6.45) is 0.550. The van der Waals surface area contributed by atoms with Gasteiger partial charge in [0.05, 0.1) is 28.5 Å². The van der Waals surface area contributed by atoms with Gasteiger partial charge in [0.25, 0.3) is 0 Å². The maximum Gasteiger partial charge on any atom is 0.229 e. The molecule has 1 aliphatic carbocycles. The predicted molar refractivity (Wildman–Crippen MR) is 103 cm³/mol. The number of thiazole rings is 1. The topological polar surface area (TPSA) is 80.3 Å². The molecule has 0 aliphatic heterocycles. The van der Waals surface area contributed by atoms with Crippen molar-refractivity contribution >= 4 is 52.2 Å². The Morgan fingerprint density at radius 1 is 1.27 bits per heavy atom. The molecular weight excluding hydrogens is 397 g/mol. The van der Waals surface area contributed by atoms with Crippen LogP contribution in [0, 0.1) is 11.8 Å². The Labute approximate surface area is 164 Å². The third-order valence-corrected chi connectivity index (χ3v) is 5.62. The monoisotopic (exact) mass is 413 g/mol. The maximum absolute atomic E-state index is 12.3. The lowest BCUT2D eigenvalue weighted by Crippen LogP contribution is -2.30. The van der Waals surface area contributed by atoms with E-state index in [0.717, 1.165) is 10.6 Å². The Kier molecular flexibility index (Phi) is 6.13. The number of nitrogens with one attached hydrogen (secondary N) is 2. The molecule has 2 N–H and O–H groups in total. The molecule has 2 atom stereocenters.